The molecule has 0 fully saturated rings. The normalized spacial score (nSPS) is 12.0. The lowest BCUT2D eigenvalue weighted by atomic mass is 10.1. The van der Waals surface area contributed by atoms with Crippen LogP contribution in [0.2, 0.25) is 0 Å². The molecule has 0 aliphatic heterocycles. The molecule has 1 atom stereocenters. The van der Waals surface area contributed by atoms with Crippen LogP contribution in [0, 0.1) is 5.92 Å². The van der Waals surface area contributed by atoms with E-state index in [1.165, 1.54) is 0 Å². The molecule has 0 aliphatic rings. The Labute approximate surface area is 88.6 Å². The Hall–Kier alpha value is -1.43. The van der Waals surface area contributed by atoms with Crippen molar-refractivity contribution in [1.29, 1.82) is 0 Å². The Morgan fingerprint density at radius 3 is 2.33 bits per heavy atom. The summed E-state index contributed by atoms with van der Waals surface area (Å²) in [5.41, 5.74) is 5.03. The van der Waals surface area contributed by atoms with Gasteiger partial charge >= 0.3 is 0 Å². The number of nitrogens with one attached hydrogen (secondary N) is 2. The highest BCUT2D eigenvalue weighted by molar-refractivity contribution is 5.86. The van der Waals surface area contributed by atoms with Gasteiger partial charge in [-0.1, -0.05) is 13.8 Å². The summed E-state index contributed by atoms with van der Waals surface area (Å²) in [6.45, 7) is 3.32. The first-order valence-electron chi connectivity index (χ1n) is 4.72. The summed E-state index contributed by atoms with van der Waals surface area (Å²) >= 11 is 0. The van der Waals surface area contributed by atoms with Gasteiger partial charge in [-0.05, 0) is 5.92 Å². The Kier molecular flexibility index (Phi) is 6.28. The minimum Gasteiger partial charge on any atom is -0.346 e. The van der Waals surface area contributed by atoms with Crippen molar-refractivity contribution in [1.82, 2.24) is 10.6 Å². The van der Waals surface area contributed by atoms with Crippen LogP contribution >= 0.6 is 0 Å². The quantitative estimate of drug-likeness (QED) is 0.464. The van der Waals surface area contributed by atoms with Gasteiger partial charge in [0.05, 0.1) is 19.1 Å². The van der Waals surface area contributed by atoms with Gasteiger partial charge in [0, 0.05) is 0 Å². The molecule has 0 aromatic rings. The predicted molar refractivity (Wildman–Crippen MR) is 54.9 cm³/mol. The molecule has 86 valence electrons. The summed E-state index contributed by atoms with van der Waals surface area (Å²) in [4.78, 5) is 32.5. The van der Waals surface area contributed by atoms with Crippen molar-refractivity contribution in [3.63, 3.8) is 0 Å². The molecule has 0 heterocycles. The fourth-order valence-electron chi connectivity index (χ4n) is 0.846. The van der Waals surface area contributed by atoms with Crippen molar-refractivity contribution in [3.05, 3.63) is 0 Å². The fourth-order valence-corrected chi connectivity index (χ4v) is 0.846. The third-order valence-corrected chi connectivity index (χ3v) is 1.82. The third kappa shape index (κ3) is 5.79. The van der Waals surface area contributed by atoms with Gasteiger partial charge in [0.25, 0.3) is 0 Å². The smallest absolute Gasteiger partial charge is 0.239 e. The largest absolute Gasteiger partial charge is 0.346 e. The predicted octanol–water partition coefficient (Wildman–Crippen LogP) is -1.60. The SMILES string of the molecule is CC(C)C(C=O)NC(=O)CNC(=O)CN. The number of rotatable bonds is 6. The first-order valence-corrected chi connectivity index (χ1v) is 4.72. The Morgan fingerprint density at radius 2 is 1.93 bits per heavy atom. The van der Waals surface area contributed by atoms with E-state index in [2.05, 4.69) is 10.6 Å². The lowest BCUT2D eigenvalue weighted by Crippen LogP contribution is -2.45. The Bertz CT molecular complexity index is 241. The minimum atomic E-state index is -0.521. The zero-order valence-corrected chi connectivity index (χ0v) is 8.95. The van der Waals surface area contributed by atoms with Crippen molar-refractivity contribution in [2.24, 2.45) is 11.7 Å². The molecule has 0 aromatic heterocycles. The van der Waals surface area contributed by atoms with Crippen molar-refractivity contribution in [2.75, 3.05) is 13.1 Å². The molecular weight excluding hydrogens is 198 g/mol. The highest BCUT2D eigenvalue weighted by Crippen LogP contribution is 1.97. The summed E-state index contributed by atoms with van der Waals surface area (Å²) < 4.78 is 0. The second kappa shape index (κ2) is 6.94. The van der Waals surface area contributed by atoms with E-state index in [-0.39, 0.29) is 19.0 Å². The van der Waals surface area contributed by atoms with Gasteiger partial charge in [0.2, 0.25) is 11.8 Å². The number of amides is 2. The minimum absolute atomic E-state index is 0.0247. The lowest BCUT2D eigenvalue weighted by molar-refractivity contribution is -0.126. The maximum atomic E-state index is 11.2. The van der Waals surface area contributed by atoms with E-state index in [0.29, 0.717) is 6.29 Å². The van der Waals surface area contributed by atoms with Gasteiger partial charge in [0.15, 0.2) is 0 Å². The van der Waals surface area contributed by atoms with Crippen LogP contribution in [-0.4, -0.2) is 37.2 Å². The maximum Gasteiger partial charge on any atom is 0.239 e. The fraction of sp³-hybridized carbons (Fsp3) is 0.667. The van der Waals surface area contributed by atoms with Crippen molar-refractivity contribution >= 4 is 18.1 Å². The van der Waals surface area contributed by atoms with E-state index in [1.54, 1.807) is 0 Å². The van der Waals surface area contributed by atoms with E-state index in [0.717, 1.165) is 0 Å². The van der Waals surface area contributed by atoms with Crippen molar-refractivity contribution in [2.45, 2.75) is 19.9 Å². The van der Waals surface area contributed by atoms with Crippen molar-refractivity contribution in [3.8, 4) is 0 Å². The van der Waals surface area contributed by atoms with Gasteiger partial charge in [-0.15, -0.1) is 0 Å². The zero-order valence-electron chi connectivity index (χ0n) is 8.95. The summed E-state index contributed by atoms with van der Waals surface area (Å²) in [5.74, 6) is -0.781. The highest BCUT2D eigenvalue weighted by Gasteiger charge is 2.14. The summed E-state index contributed by atoms with van der Waals surface area (Å²) in [6.07, 6.45) is 0.674. The molecular formula is C9H17N3O3. The Balaban J connectivity index is 3.91. The van der Waals surface area contributed by atoms with Crippen LogP contribution in [0.25, 0.3) is 0 Å². The molecule has 1 unspecified atom stereocenters. The average Bonchev–Trinajstić information content (AvgIpc) is 2.21. The number of aldehydes is 1. The summed E-state index contributed by atoms with van der Waals surface area (Å²) in [5, 5.41) is 4.79. The molecule has 0 aliphatic carbocycles. The van der Waals surface area contributed by atoms with Crippen LogP contribution in [0.5, 0.6) is 0 Å². The van der Waals surface area contributed by atoms with Crippen LogP contribution in [0.15, 0.2) is 0 Å². The molecule has 0 rings (SSSR count). The second-order valence-electron chi connectivity index (χ2n) is 3.45. The van der Waals surface area contributed by atoms with Crippen LogP contribution in [-0.2, 0) is 14.4 Å². The maximum absolute atomic E-state index is 11.2. The van der Waals surface area contributed by atoms with Crippen LogP contribution in [0.1, 0.15) is 13.8 Å². The molecule has 0 saturated heterocycles. The third-order valence-electron chi connectivity index (χ3n) is 1.82. The molecule has 0 aromatic carbocycles. The highest BCUT2D eigenvalue weighted by atomic mass is 16.2. The number of nitrogens with two attached hydrogens (primary N) is 1. The van der Waals surface area contributed by atoms with Gasteiger partial charge in [-0.25, -0.2) is 0 Å². The molecule has 0 saturated carbocycles. The topological polar surface area (TPSA) is 101 Å². The van der Waals surface area contributed by atoms with Gasteiger partial charge in [-0.2, -0.15) is 0 Å². The number of carbonyl (C=O) groups is 3. The molecule has 6 heteroatoms. The average molecular weight is 215 g/mol. The molecule has 0 spiro atoms. The standard InChI is InChI=1S/C9H17N3O3/c1-6(2)7(5-13)12-9(15)4-11-8(14)3-10/h5-7H,3-4,10H2,1-2H3,(H,11,14)(H,12,15). The number of carbonyl (C=O) groups excluding carboxylic acids is 3. The zero-order chi connectivity index (χ0) is 11.8. The van der Waals surface area contributed by atoms with E-state index in [4.69, 9.17) is 5.73 Å². The number of hydrogen-bond acceptors (Lipinski definition) is 4. The van der Waals surface area contributed by atoms with E-state index < -0.39 is 17.9 Å². The summed E-state index contributed by atoms with van der Waals surface area (Å²) in [7, 11) is 0. The van der Waals surface area contributed by atoms with Gasteiger partial charge in [0.1, 0.15) is 6.29 Å². The van der Waals surface area contributed by atoms with Crippen LogP contribution in [0.3, 0.4) is 0 Å². The van der Waals surface area contributed by atoms with E-state index in [1.807, 2.05) is 13.8 Å². The molecule has 2 amide bonds. The second-order valence-corrected chi connectivity index (χ2v) is 3.45. The monoisotopic (exact) mass is 215 g/mol. The molecule has 4 N–H and O–H groups in total. The number of hydrogen-bond donors (Lipinski definition) is 3. The first kappa shape index (κ1) is 13.6. The van der Waals surface area contributed by atoms with Gasteiger partial charge < -0.3 is 21.2 Å². The molecule has 15 heavy (non-hydrogen) atoms. The van der Waals surface area contributed by atoms with Crippen LogP contribution < -0.4 is 16.4 Å². The van der Waals surface area contributed by atoms with Crippen molar-refractivity contribution < 1.29 is 14.4 Å². The molecule has 0 bridgehead atoms. The van der Waals surface area contributed by atoms with E-state index in [9.17, 15) is 14.4 Å². The lowest BCUT2D eigenvalue weighted by Gasteiger charge is -2.16. The van der Waals surface area contributed by atoms with Gasteiger partial charge in [-0.3, -0.25) is 9.59 Å². The molecule has 0 radical (unpaired) electrons. The molecule has 6 nitrogen and oxygen atoms in total. The first-order chi connectivity index (χ1) is 7.01. The van der Waals surface area contributed by atoms with E-state index >= 15 is 0 Å². The van der Waals surface area contributed by atoms with Crippen LogP contribution in [0.4, 0.5) is 0 Å². The Morgan fingerprint density at radius 1 is 1.33 bits per heavy atom. The summed E-state index contributed by atoms with van der Waals surface area (Å²) in [6, 6.07) is -0.521.